The van der Waals surface area contributed by atoms with Crippen LogP contribution in [-0.2, 0) is 9.59 Å². The molecule has 6 heteroatoms. The number of rotatable bonds is 2. The first kappa shape index (κ1) is 14.1. The second-order valence-corrected chi connectivity index (χ2v) is 7.76. The van der Waals surface area contributed by atoms with E-state index in [2.05, 4.69) is 0 Å². The third-order valence-corrected chi connectivity index (χ3v) is 6.78. The molecule has 2 bridgehead atoms. The number of amides is 2. The number of hydrogen-bond donors (Lipinski definition) is 0. The molecule has 24 heavy (non-hydrogen) atoms. The fourth-order valence-electron chi connectivity index (χ4n) is 5.78. The topological polar surface area (TPSA) is 80.5 Å². The van der Waals surface area contributed by atoms with Gasteiger partial charge in [-0.05, 0) is 62.0 Å². The summed E-state index contributed by atoms with van der Waals surface area (Å²) in [4.78, 5) is 37.9. The third kappa shape index (κ3) is 1.61. The monoisotopic (exact) mass is 326 g/mol. The van der Waals surface area contributed by atoms with Crippen LogP contribution in [-0.4, -0.2) is 16.7 Å². The van der Waals surface area contributed by atoms with Crippen LogP contribution in [0.5, 0.6) is 0 Å². The lowest BCUT2D eigenvalue weighted by Crippen LogP contribution is -2.43. The van der Waals surface area contributed by atoms with E-state index in [1.807, 2.05) is 0 Å². The van der Waals surface area contributed by atoms with Crippen molar-refractivity contribution in [2.24, 2.45) is 35.5 Å². The summed E-state index contributed by atoms with van der Waals surface area (Å²) < 4.78 is 0. The van der Waals surface area contributed by atoms with E-state index in [0.717, 1.165) is 12.8 Å². The van der Waals surface area contributed by atoms with Gasteiger partial charge in [-0.2, -0.15) is 0 Å². The Kier molecular flexibility index (Phi) is 2.61. The van der Waals surface area contributed by atoms with E-state index in [0.29, 0.717) is 34.9 Å². The van der Waals surface area contributed by atoms with E-state index in [1.54, 1.807) is 13.0 Å². The molecule has 6 unspecified atom stereocenters. The van der Waals surface area contributed by atoms with Crippen molar-refractivity contribution in [3.8, 4) is 0 Å². The summed E-state index contributed by atoms with van der Waals surface area (Å²) in [5.74, 6) is 1.55. The van der Waals surface area contributed by atoms with Gasteiger partial charge in [-0.15, -0.1) is 0 Å². The highest BCUT2D eigenvalue weighted by molar-refractivity contribution is 6.22. The maximum Gasteiger partial charge on any atom is 0.272 e. The van der Waals surface area contributed by atoms with Crippen LogP contribution >= 0.6 is 0 Å². The highest BCUT2D eigenvalue weighted by Gasteiger charge is 2.68. The number of nitro benzene ring substituents is 1. The first-order valence-corrected chi connectivity index (χ1v) is 8.62. The van der Waals surface area contributed by atoms with Crippen LogP contribution in [0.3, 0.4) is 0 Å². The van der Waals surface area contributed by atoms with Crippen molar-refractivity contribution < 1.29 is 14.5 Å². The predicted molar refractivity (Wildman–Crippen MR) is 85.1 cm³/mol. The number of hydrogen-bond acceptors (Lipinski definition) is 4. The van der Waals surface area contributed by atoms with Gasteiger partial charge in [-0.1, -0.05) is 0 Å². The number of nitro groups is 1. The standard InChI is InChI=1S/C18H18N2O4/c1-8-6-9(2-5-14(8)20(23)24)19-17(21)15-10-3-4-11(13-7-12(10)13)16(15)18(19)22/h2,5-6,10-13,15-16H,3-4,7H2,1H3. The quantitative estimate of drug-likeness (QED) is 0.475. The van der Waals surface area contributed by atoms with Gasteiger partial charge in [0.1, 0.15) is 0 Å². The van der Waals surface area contributed by atoms with Crippen LogP contribution in [0.4, 0.5) is 11.4 Å². The maximum absolute atomic E-state index is 13.0. The molecule has 4 saturated carbocycles. The number of anilines is 1. The van der Waals surface area contributed by atoms with Crippen LogP contribution < -0.4 is 4.90 Å². The fraction of sp³-hybridized carbons (Fsp3) is 0.556. The Hall–Kier alpha value is -2.24. The minimum Gasteiger partial charge on any atom is -0.274 e. The molecule has 5 fully saturated rings. The first-order valence-electron chi connectivity index (χ1n) is 8.62. The van der Waals surface area contributed by atoms with Crippen molar-refractivity contribution in [1.29, 1.82) is 0 Å². The Morgan fingerprint density at radius 2 is 1.62 bits per heavy atom. The molecule has 0 spiro atoms. The van der Waals surface area contributed by atoms with Gasteiger partial charge in [0.25, 0.3) is 5.69 Å². The van der Waals surface area contributed by atoms with Gasteiger partial charge in [0.2, 0.25) is 11.8 Å². The lowest BCUT2D eigenvalue weighted by atomic mass is 9.59. The summed E-state index contributed by atoms with van der Waals surface area (Å²) in [7, 11) is 0. The molecule has 1 aromatic rings. The number of nitrogens with zero attached hydrogens (tertiary/aromatic N) is 2. The normalized spacial score (nSPS) is 39.0. The van der Waals surface area contributed by atoms with E-state index < -0.39 is 4.92 Å². The largest absolute Gasteiger partial charge is 0.274 e. The molecule has 1 aromatic carbocycles. The third-order valence-electron chi connectivity index (χ3n) is 6.78. The minimum absolute atomic E-state index is 0.0107. The molecule has 0 aromatic heterocycles. The van der Waals surface area contributed by atoms with Crippen molar-refractivity contribution in [3.63, 3.8) is 0 Å². The second-order valence-electron chi connectivity index (χ2n) is 7.76. The van der Waals surface area contributed by atoms with Crippen molar-refractivity contribution in [1.82, 2.24) is 0 Å². The summed E-state index contributed by atoms with van der Waals surface area (Å²) in [6.45, 7) is 1.64. The number of carbonyl (C=O) groups is 2. The van der Waals surface area contributed by atoms with Gasteiger partial charge in [0.15, 0.2) is 0 Å². The van der Waals surface area contributed by atoms with Crippen molar-refractivity contribution >= 4 is 23.2 Å². The van der Waals surface area contributed by atoms with Crippen molar-refractivity contribution in [3.05, 3.63) is 33.9 Å². The zero-order chi connectivity index (χ0) is 16.7. The molecule has 124 valence electrons. The molecular weight excluding hydrogens is 308 g/mol. The fourth-order valence-corrected chi connectivity index (χ4v) is 5.78. The van der Waals surface area contributed by atoms with Crippen molar-refractivity contribution in [2.75, 3.05) is 4.90 Å². The number of carbonyl (C=O) groups excluding carboxylic acids is 2. The van der Waals surface area contributed by atoms with E-state index in [9.17, 15) is 19.7 Å². The molecule has 2 amide bonds. The van der Waals surface area contributed by atoms with E-state index in [1.165, 1.54) is 23.5 Å². The Morgan fingerprint density at radius 3 is 2.12 bits per heavy atom. The molecule has 6 rings (SSSR count). The first-order chi connectivity index (χ1) is 11.5. The summed E-state index contributed by atoms with van der Waals surface area (Å²) >= 11 is 0. The van der Waals surface area contributed by atoms with E-state index >= 15 is 0 Å². The zero-order valence-corrected chi connectivity index (χ0v) is 13.3. The molecule has 1 aliphatic heterocycles. The Balaban J connectivity index is 1.54. The smallest absolute Gasteiger partial charge is 0.272 e. The molecule has 5 aliphatic rings. The van der Waals surface area contributed by atoms with E-state index in [-0.39, 0.29) is 29.3 Å². The van der Waals surface area contributed by atoms with Crippen molar-refractivity contribution in [2.45, 2.75) is 26.2 Å². The summed E-state index contributed by atoms with van der Waals surface area (Å²) in [6, 6.07) is 4.51. The average molecular weight is 326 g/mol. The highest BCUT2D eigenvalue weighted by atomic mass is 16.6. The Bertz CT molecular complexity index is 770. The number of aryl methyl sites for hydroxylation is 1. The summed E-state index contributed by atoms with van der Waals surface area (Å²) in [5, 5.41) is 11.0. The Morgan fingerprint density at radius 1 is 1.04 bits per heavy atom. The molecule has 6 nitrogen and oxygen atoms in total. The van der Waals surface area contributed by atoms with Crippen LogP contribution in [0.2, 0.25) is 0 Å². The molecule has 0 N–H and O–H groups in total. The lowest BCUT2D eigenvalue weighted by Gasteiger charge is -2.42. The van der Waals surface area contributed by atoms with Gasteiger partial charge in [0.05, 0.1) is 22.4 Å². The second kappa shape index (κ2) is 4.43. The molecular formula is C18H18N2O4. The highest BCUT2D eigenvalue weighted by Crippen LogP contribution is 2.68. The van der Waals surface area contributed by atoms with Crippen LogP contribution in [0.25, 0.3) is 0 Å². The molecule has 0 radical (unpaired) electrons. The van der Waals surface area contributed by atoms with Gasteiger partial charge < -0.3 is 0 Å². The Labute approximate surface area is 139 Å². The number of fused-ring (bicyclic) bond motifs is 1. The van der Waals surface area contributed by atoms with Crippen LogP contribution in [0, 0.1) is 52.5 Å². The van der Waals surface area contributed by atoms with Gasteiger partial charge in [-0.25, -0.2) is 0 Å². The lowest BCUT2D eigenvalue weighted by molar-refractivity contribution is -0.385. The summed E-state index contributed by atoms with van der Waals surface area (Å²) in [6.07, 6.45) is 3.33. The predicted octanol–water partition coefficient (Wildman–Crippen LogP) is 2.68. The SMILES string of the molecule is Cc1cc(N2C(=O)C3C4CCC(C5CC54)C3C2=O)ccc1[N+](=O)[O-]. The maximum atomic E-state index is 13.0. The van der Waals surface area contributed by atoms with E-state index in [4.69, 9.17) is 0 Å². The molecule has 6 atom stereocenters. The molecule has 1 heterocycles. The van der Waals surface area contributed by atoms with Gasteiger partial charge in [0, 0.05) is 11.6 Å². The van der Waals surface area contributed by atoms with Crippen LogP contribution in [0.1, 0.15) is 24.8 Å². The zero-order valence-electron chi connectivity index (χ0n) is 13.3. The number of benzene rings is 1. The minimum atomic E-state index is -0.444. The number of imide groups is 1. The average Bonchev–Trinajstić information content (AvgIpc) is 3.31. The van der Waals surface area contributed by atoms with Gasteiger partial charge >= 0.3 is 0 Å². The van der Waals surface area contributed by atoms with Gasteiger partial charge in [-0.3, -0.25) is 24.6 Å². The van der Waals surface area contributed by atoms with Crippen LogP contribution in [0.15, 0.2) is 18.2 Å². The molecule has 1 saturated heterocycles. The molecule has 4 aliphatic carbocycles. The summed E-state index contributed by atoms with van der Waals surface area (Å²) in [5.41, 5.74) is 0.964.